The number of rotatable bonds is 4. The number of benzene rings is 1. The fourth-order valence-electron chi connectivity index (χ4n) is 1.70. The van der Waals surface area contributed by atoms with E-state index in [2.05, 4.69) is 15.6 Å². The zero-order valence-corrected chi connectivity index (χ0v) is 12.5. The summed E-state index contributed by atoms with van der Waals surface area (Å²) >= 11 is 1.48. The first-order valence-corrected chi connectivity index (χ1v) is 7.13. The summed E-state index contributed by atoms with van der Waals surface area (Å²) in [6, 6.07) is 4.20. The molecule has 0 saturated carbocycles. The molecule has 0 radical (unpaired) electrons. The zero-order chi connectivity index (χ0) is 15.4. The summed E-state index contributed by atoms with van der Waals surface area (Å²) in [5.74, 6) is -1.03. The third-order valence-corrected chi connectivity index (χ3v) is 3.77. The second-order valence-electron chi connectivity index (χ2n) is 4.53. The van der Waals surface area contributed by atoms with Crippen molar-refractivity contribution in [2.75, 3.05) is 5.32 Å². The molecule has 110 valence electrons. The minimum Gasteiger partial charge on any atom is -0.478 e. The fraction of sp³-hybridized carbons (Fsp3) is 0.214. The normalized spacial score (nSPS) is 10.2. The highest BCUT2D eigenvalue weighted by atomic mass is 32.1. The van der Waals surface area contributed by atoms with Crippen molar-refractivity contribution in [1.29, 1.82) is 0 Å². The second kappa shape index (κ2) is 6.36. The predicted molar refractivity (Wildman–Crippen MR) is 80.8 cm³/mol. The Morgan fingerprint density at radius 1 is 1.33 bits per heavy atom. The van der Waals surface area contributed by atoms with Crippen molar-refractivity contribution in [3.63, 3.8) is 0 Å². The number of aromatic nitrogens is 1. The van der Waals surface area contributed by atoms with Crippen molar-refractivity contribution in [1.82, 2.24) is 10.3 Å². The maximum atomic E-state index is 11.8. The van der Waals surface area contributed by atoms with Crippen LogP contribution in [0.3, 0.4) is 0 Å². The molecule has 1 aromatic heterocycles. The van der Waals surface area contributed by atoms with E-state index in [1.165, 1.54) is 23.5 Å². The van der Waals surface area contributed by atoms with Gasteiger partial charge in [0, 0.05) is 16.8 Å². The van der Waals surface area contributed by atoms with E-state index >= 15 is 0 Å². The van der Waals surface area contributed by atoms with Gasteiger partial charge in [-0.1, -0.05) is 6.07 Å². The number of amides is 2. The third kappa shape index (κ3) is 4.03. The van der Waals surface area contributed by atoms with Crippen molar-refractivity contribution in [2.45, 2.75) is 20.4 Å². The number of anilines is 1. The molecule has 2 rings (SSSR count). The number of thiazole rings is 1. The maximum absolute atomic E-state index is 11.8. The topological polar surface area (TPSA) is 91.3 Å². The molecule has 0 spiro atoms. The van der Waals surface area contributed by atoms with Gasteiger partial charge < -0.3 is 15.7 Å². The molecule has 0 aliphatic heterocycles. The van der Waals surface area contributed by atoms with E-state index in [4.69, 9.17) is 5.11 Å². The van der Waals surface area contributed by atoms with Gasteiger partial charge in [0.2, 0.25) is 0 Å². The minimum absolute atomic E-state index is 0.131. The van der Waals surface area contributed by atoms with Gasteiger partial charge in [-0.15, -0.1) is 11.3 Å². The molecule has 6 nitrogen and oxygen atoms in total. The van der Waals surface area contributed by atoms with Crippen LogP contribution >= 0.6 is 11.3 Å². The SMILES string of the molecule is Cc1csc(CNC(=O)Nc2cc(C(=O)O)ccc2C)n1. The van der Waals surface area contributed by atoms with E-state index in [1.54, 1.807) is 13.0 Å². The lowest BCUT2D eigenvalue weighted by atomic mass is 10.1. The molecule has 0 aliphatic rings. The van der Waals surface area contributed by atoms with Crippen LogP contribution in [0.1, 0.15) is 26.6 Å². The summed E-state index contributed by atoms with van der Waals surface area (Å²) in [4.78, 5) is 27.0. The molecule has 0 bridgehead atoms. The van der Waals surface area contributed by atoms with Crippen molar-refractivity contribution in [3.8, 4) is 0 Å². The number of carboxylic acids is 1. The molecule has 1 aromatic carbocycles. The Morgan fingerprint density at radius 3 is 2.71 bits per heavy atom. The Balaban J connectivity index is 1.99. The molecule has 0 saturated heterocycles. The molecule has 3 N–H and O–H groups in total. The molecule has 0 atom stereocenters. The lowest BCUT2D eigenvalue weighted by molar-refractivity contribution is 0.0697. The fourth-order valence-corrected chi connectivity index (χ4v) is 2.41. The van der Waals surface area contributed by atoms with E-state index in [9.17, 15) is 9.59 Å². The number of hydrogen-bond acceptors (Lipinski definition) is 4. The average Bonchev–Trinajstić information content (AvgIpc) is 2.84. The van der Waals surface area contributed by atoms with E-state index in [1.807, 2.05) is 12.3 Å². The summed E-state index contributed by atoms with van der Waals surface area (Å²) in [6.07, 6.45) is 0. The number of nitrogens with zero attached hydrogens (tertiary/aromatic N) is 1. The molecular formula is C14H15N3O3S. The predicted octanol–water partition coefficient (Wildman–Crippen LogP) is 2.78. The highest BCUT2D eigenvalue weighted by molar-refractivity contribution is 7.09. The van der Waals surface area contributed by atoms with Gasteiger partial charge in [-0.3, -0.25) is 0 Å². The van der Waals surface area contributed by atoms with Gasteiger partial charge in [0.25, 0.3) is 0 Å². The Morgan fingerprint density at radius 2 is 2.10 bits per heavy atom. The van der Waals surface area contributed by atoms with Gasteiger partial charge in [0.15, 0.2) is 0 Å². The Labute approximate surface area is 125 Å². The smallest absolute Gasteiger partial charge is 0.335 e. The van der Waals surface area contributed by atoms with Crippen molar-refractivity contribution in [2.24, 2.45) is 0 Å². The molecule has 7 heteroatoms. The third-order valence-electron chi connectivity index (χ3n) is 2.80. The standard InChI is InChI=1S/C14H15N3O3S/c1-8-3-4-10(13(18)19)5-11(8)17-14(20)15-6-12-16-9(2)7-21-12/h3-5,7H,6H2,1-2H3,(H,18,19)(H2,15,17,20). The van der Waals surface area contributed by atoms with Crippen LogP contribution in [0.4, 0.5) is 10.5 Å². The quantitative estimate of drug-likeness (QED) is 0.810. The van der Waals surface area contributed by atoms with Gasteiger partial charge in [-0.05, 0) is 31.5 Å². The molecule has 2 aromatic rings. The highest BCUT2D eigenvalue weighted by Gasteiger charge is 2.09. The van der Waals surface area contributed by atoms with Crippen LogP contribution in [-0.4, -0.2) is 22.1 Å². The second-order valence-corrected chi connectivity index (χ2v) is 5.47. The Bertz CT molecular complexity index is 682. The number of carbonyl (C=O) groups is 2. The number of aromatic carboxylic acids is 1. The van der Waals surface area contributed by atoms with Crippen LogP contribution in [0.15, 0.2) is 23.6 Å². The Hall–Kier alpha value is -2.41. The largest absolute Gasteiger partial charge is 0.478 e. The van der Waals surface area contributed by atoms with E-state index in [0.717, 1.165) is 16.3 Å². The van der Waals surface area contributed by atoms with Crippen LogP contribution < -0.4 is 10.6 Å². The molecule has 0 fully saturated rings. The van der Waals surface area contributed by atoms with E-state index in [0.29, 0.717) is 12.2 Å². The summed E-state index contributed by atoms with van der Waals surface area (Å²) in [6.45, 7) is 4.02. The molecule has 2 amide bonds. The van der Waals surface area contributed by atoms with Gasteiger partial charge in [0.1, 0.15) is 5.01 Å². The summed E-state index contributed by atoms with van der Waals surface area (Å²) in [7, 11) is 0. The van der Waals surface area contributed by atoms with Crippen molar-refractivity contribution >= 4 is 29.0 Å². The highest BCUT2D eigenvalue weighted by Crippen LogP contribution is 2.17. The summed E-state index contributed by atoms with van der Waals surface area (Å²) < 4.78 is 0. The van der Waals surface area contributed by atoms with Crippen LogP contribution in [0, 0.1) is 13.8 Å². The van der Waals surface area contributed by atoms with Crippen LogP contribution in [0.25, 0.3) is 0 Å². The molecule has 0 unspecified atom stereocenters. The zero-order valence-electron chi connectivity index (χ0n) is 11.6. The van der Waals surface area contributed by atoms with Crippen molar-refractivity contribution < 1.29 is 14.7 Å². The van der Waals surface area contributed by atoms with E-state index in [-0.39, 0.29) is 5.56 Å². The number of nitrogens with one attached hydrogen (secondary N) is 2. The Kier molecular flexibility index (Phi) is 4.54. The number of carboxylic acid groups (broad SMARTS) is 1. The molecular weight excluding hydrogens is 290 g/mol. The van der Waals surface area contributed by atoms with E-state index < -0.39 is 12.0 Å². The van der Waals surface area contributed by atoms with Gasteiger partial charge >= 0.3 is 12.0 Å². The first-order chi connectivity index (χ1) is 9.95. The van der Waals surface area contributed by atoms with Crippen molar-refractivity contribution in [3.05, 3.63) is 45.4 Å². The number of hydrogen-bond donors (Lipinski definition) is 3. The van der Waals surface area contributed by atoms with Gasteiger partial charge in [-0.25, -0.2) is 14.6 Å². The molecule has 21 heavy (non-hydrogen) atoms. The first kappa shape index (κ1) is 15.0. The lowest BCUT2D eigenvalue weighted by Crippen LogP contribution is -2.28. The number of urea groups is 1. The molecule has 1 heterocycles. The monoisotopic (exact) mass is 305 g/mol. The summed E-state index contributed by atoms with van der Waals surface area (Å²) in [5.41, 5.74) is 2.32. The van der Waals surface area contributed by atoms with Gasteiger partial charge in [-0.2, -0.15) is 0 Å². The lowest BCUT2D eigenvalue weighted by Gasteiger charge is -2.10. The number of aryl methyl sites for hydroxylation is 2. The number of carbonyl (C=O) groups excluding carboxylic acids is 1. The minimum atomic E-state index is -1.03. The van der Waals surface area contributed by atoms with Crippen LogP contribution in [-0.2, 0) is 6.54 Å². The van der Waals surface area contributed by atoms with Gasteiger partial charge in [0.05, 0.1) is 12.1 Å². The average molecular weight is 305 g/mol. The summed E-state index contributed by atoms with van der Waals surface area (Å²) in [5, 5.41) is 17.0. The first-order valence-electron chi connectivity index (χ1n) is 6.25. The maximum Gasteiger partial charge on any atom is 0.335 e. The molecule has 0 aliphatic carbocycles. The van der Waals surface area contributed by atoms with Crippen LogP contribution in [0.5, 0.6) is 0 Å². The van der Waals surface area contributed by atoms with Crippen LogP contribution in [0.2, 0.25) is 0 Å².